The van der Waals surface area contributed by atoms with Crippen LogP contribution in [0.15, 0.2) is 42.1 Å². The second-order valence-corrected chi connectivity index (χ2v) is 7.02. The highest BCUT2D eigenvalue weighted by Gasteiger charge is 2.39. The fourth-order valence-electron chi connectivity index (χ4n) is 3.58. The molecule has 6 nitrogen and oxygen atoms in total. The maximum atomic E-state index is 13.1. The molecule has 2 aromatic rings. The van der Waals surface area contributed by atoms with Gasteiger partial charge in [-0.2, -0.15) is 0 Å². The van der Waals surface area contributed by atoms with Crippen molar-refractivity contribution in [3.8, 4) is 11.5 Å². The second-order valence-electron chi connectivity index (χ2n) is 7.02. The van der Waals surface area contributed by atoms with Crippen LogP contribution in [0, 0.1) is 13.8 Å². The number of hydrogen-bond acceptors (Lipinski definition) is 5. The number of hydrogen-bond donors (Lipinski definition) is 1. The predicted molar refractivity (Wildman–Crippen MR) is 106 cm³/mol. The van der Waals surface area contributed by atoms with Crippen molar-refractivity contribution < 1.29 is 19.1 Å². The zero-order chi connectivity index (χ0) is 19.8. The molecule has 0 aromatic heterocycles. The Hall–Kier alpha value is -3.28. The van der Waals surface area contributed by atoms with Gasteiger partial charge in [-0.1, -0.05) is 30.7 Å². The first-order valence-corrected chi connectivity index (χ1v) is 9.34. The molecule has 0 fully saturated rings. The Morgan fingerprint density at radius 2 is 1.79 bits per heavy atom. The van der Waals surface area contributed by atoms with Crippen molar-refractivity contribution in [2.24, 2.45) is 0 Å². The van der Waals surface area contributed by atoms with Crippen molar-refractivity contribution in [1.82, 2.24) is 4.90 Å². The minimum Gasteiger partial charge on any atom is -0.454 e. The third kappa shape index (κ3) is 3.01. The van der Waals surface area contributed by atoms with Crippen molar-refractivity contribution in [2.75, 3.05) is 18.7 Å². The molecule has 0 unspecified atom stereocenters. The topological polar surface area (TPSA) is 67.9 Å². The average molecular weight is 378 g/mol. The van der Waals surface area contributed by atoms with Gasteiger partial charge in [0.2, 0.25) is 6.79 Å². The summed E-state index contributed by atoms with van der Waals surface area (Å²) in [5.74, 6) is 0.706. The number of imide groups is 1. The number of fused-ring (bicyclic) bond motifs is 1. The van der Waals surface area contributed by atoms with E-state index in [-0.39, 0.29) is 18.6 Å². The Bertz CT molecular complexity index is 1010. The summed E-state index contributed by atoms with van der Waals surface area (Å²) in [5.41, 5.74) is 4.21. The molecule has 144 valence electrons. The lowest BCUT2D eigenvalue weighted by Crippen LogP contribution is -2.33. The van der Waals surface area contributed by atoms with Crippen LogP contribution in [0.1, 0.15) is 30.0 Å². The highest BCUT2D eigenvalue weighted by atomic mass is 16.7. The van der Waals surface area contributed by atoms with Crippen LogP contribution >= 0.6 is 0 Å². The average Bonchev–Trinajstić information content (AvgIpc) is 3.21. The van der Waals surface area contributed by atoms with Gasteiger partial charge in [0.1, 0.15) is 5.70 Å². The molecule has 6 heteroatoms. The summed E-state index contributed by atoms with van der Waals surface area (Å²) in [6.45, 7) is 6.46. The van der Waals surface area contributed by atoms with Gasteiger partial charge in [-0.15, -0.1) is 0 Å². The van der Waals surface area contributed by atoms with Crippen LogP contribution in [0.5, 0.6) is 11.5 Å². The Morgan fingerprint density at radius 1 is 1.00 bits per heavy atom. The fraction of sp³-hybridized carbons (Fsp3) is 0.273. The molecule has 0 saturated carbocycles. The van der Waals surface area contributed by atoms with Crippen LogP contribution < -0.4 is 14.8 Å². The Balaban J connectivity index is 1.79. The highest BCUT2D eigenvalue weighted by molar-refractivity contribution is 6.36. The van der Waals surface area contributed by atoms with Crippen molar-refractivity contribution in [2.45, 2.75) is 27.2 Å². The van der Waals surface area contributed by atoms with E-state index in [2.05, 4.69) is 5.32 Å². The van der Waals surface area contributed by atoms with Crippen LogP contribution in [-0.2, 0) is 9.59 Å². The van der Waals surface area contributed by atoms with Gasteiger partial charge in [-0.25, -0.2) is 0 Å². The molecule has 1 N–H and O–H groups in total. The van der Waals surface area contributed by atoms with Crippen molar-refractivity contribution in [3.63, 3.8) is 0 Å². The summed E-state index contributed by atoms with van der Waals surface area (Å²) >= 11 is 0. The van der Waals surface area contributed by atoms with Crippen molar-refractivity contribution in [1.29, 1.82) is 0 Å². The van der Waals surface area contributed by atoms with Crippen LogP contribution in [0.4, 0.5) is 5.69 Å². The van der Waals surface area contributed by atoms with Gasteiger partial charge in [-0.05, 0) is 43.5 Å². The summed E-state index contributed by atoms with van der Waals surface area (Å²) in [7, 11) is 0. The number of carbonyl (C=O) groups excluding carboxylic acids is 2. The molecule has 0 bridgehead atoms. The number of amides is 2. The van der Waals surface area contributed by atoms with Gasteiger partial charge in [0.15, 0.2) is 11.5 Å². The Labute approximate surface area is 163 Å². The Kier molecular flexibility index (Phi) is 4.55. The predicted octanol–water partition coefficient (Wildman–Crippen LogP) is 3.63. The molecule has 2 amide bonds. The monoisotopic (exact) mass is 378 g/mol. The van der Waals surface area contributed by atoms with E-state index in [0.717, 1.165) is 16.7 Å². The van der Waals surface area contributed by atoms with E-state index in [1.54, 1.807) is 18.2 Å². The molecule has 2 aromatic carbocycles. The number of aryl methyl sites for hydroxylation is 2. The van der Waals surface area contributed by atoms with Gasteiger partial charge in [0, 0.05) is 18.3 Å². The molecular formula is C22H22N2O4. The molecule has 0 atom stereocenters. The molecule has 2 aliphatic heterocycles. The SMILES string of the molecule is CCCN1C(=O)C(Nc2ccc3c(c2)OCO3)=C(c2ccc(C)cc2C)C1=O. The minimum absolute atomic E-state index is 0.178. The molecule has 0 spiro atoms. The van der Waals surface area contributed by atoms with E-state index in [0.29, 0.717) is 41.4 Å². The maximum absolute atomic E-state index is 13.1. The van der Waals surface area contributed by atoms with Crippen LogP contribution in [0.3, 0.4) is 0 Å². The molecule has 2 heterocycles. The summed E-state index contributed by atoms with van der Waals surface area (Å²) in [6.07, 6.45) is 0.703. The first kappa shape index (κ1) is 18.1. The highest BCUT2D eigenvalue weighted by Crippen LogP contribution is 2.37. The molecular weight excluding hydrogens is 356 g/mol. The van der Waals surface area contributed by atoms with Crippen LogP contribution in [0.2, 0.25) is 0 Å². The third-order valence-corrected chi connectivity index (χ3v) is 4.91. The number of anilines is 1. The number of nitrogens with one attached hydrogen (secondary N) is 1. The molecule has 0 saturated heterocycles. The third-order valence-electron chi connectivity index (χ3n) is 4.91. The van der Waals surface area contributed by atoms with Gasteiger partial charge in [0.05, 0.1) is 5.57 Å². The smallest absolute Gasteiger partial charge is 0.278 e. The van der Waals surface area contributed by atoms with E-state index in [4.69, 9.17) is 9.47 Å². The normalized spacial score (nSPS) is 15.6. The first-order valence-electron chi connectivity index (χ1n) is 9.34. The van der Waals surface area contributed by atoms with Gasteiger partial charge >= 0.3 is 0 Å². The number of benzene rings is 2. The number of rotatable bonds is 5. The van der Waals surface area contributed by atoms with Crippen molar-refractivity contribution in [3.05, 3.63) is 58.8 Å². The zero-order valence-corrected chi connectivity index (χ0v) is 16.2. The lowest BCUT2D eigenvalue weighted by Gasteiger charge is -2.14. The van der Waals surface area contributed by atoms with E-state index in [1.807, 2.05) is 39.0 Å². The number of ether oxygens (including phenoxy) is 2. The number of carbonyl (C=O) groups is 2. The lowest BCUT2D eigenvalue weighted by molar-refractivity contribution is -0.136. The van der Waals surface area contributed by atoms with Gasteiger partial charge < -0.3 is 14.8 Å². The lowest BCUT2D eigenvalue weighted by atomic mass is 9.97. The van der Waals surface area contributed by atoms with Gasteiger partial charge in [-0.3, -0.25) is 14.5 Å². The largest absolute Gasteiger partial charge is 0.454 e. The van der Waals surface area contributed by atoms with Crippen LogP contribution in [0.25, 0.3) is 5.57 Å². The zero-order valence-electron chi connectivity index (χ0n) is 16.2. The fourth-order valence-corrected chi connectivity index (χ4v) is 3.58. The second kappa shape index (κ2) is 7.03. The standard InChI is InChI=1S/C22H22N2O4/c1-4-9-24-21(25)19(16-7-5-13(2)10-14(16)3)20(22(24)26)23-15-6-8-17-18(11-15)28-12-27-17/h5-8,10-11,23H,4,9,12H2,1-3H3. The van der Waals surface area contributed by atoms with E-state index >= 15 is 0 Å². The molecule has 4 rings (SSSR count). The quantitative estimate of drug-likeness (QED) is 0.805. The Morgan fingerprint density at radius 3 is 2.54 bits per heavy atom. The van der Waals surface area contributed by atoms with E-state index < -0.39 is 0 Å². The van der Waals surface area contributed by atoms with Crippen molar-refractivity contribution >= 4 is 23.1 Å². The molecule has 28 heavy (non-hydrogen) atoms. The van der Waals surface area contributed by atoms with E-state index in [9.17, 15) is 9.59 Å². The molecule has 2 aliphatic rings. The molecule has 0 radical (unpaired) electrons. The first-order chi connectivity index (χ1) is 13.5. The summed E-state index contributed by atoms with van der Waals surface area (Å²) in [6, 6.07) is 11.2. The van der Waals surface area contributed by atoms with Gasteiger partial charge in [0.25, 0.3) is 11.8 Å². The summed E-state index contributed by atoms with van der Waals surface area (Å²) in [4.78, 5) is 27.4. The molecule has 0 aliphatic carbocycles. The summed E-state index contributed by atoms with van der Waals surface area (Å²) in [5, 5.41) is 3.16. The minimum atomic E-state index is -0.306. The summed E-state index contributed by atoms with van der Waals surface area (Å²) < 4.78 is 10.8. The maximum Gasteiger partial charge on any atom is 0.278 e. The van der Waals surface area contributed by atoms with E-state index in [1.165, 1.54) is 4.90 Å². The van der Waals surface area contributed by atoms with Crippen LogP contribution in [-0.4, -0.2) is 30.1 Å². The number of nitrogens with zero attached hydrogens (tertiary/aromatic N) is 1.